The number of tetrazole rings is 1. The number of hydrogen-bond acceptors (Lipinski definition) is 7. The summed E-state index contributed by atoms with van der Waals surface area (Å²) in [7, 11) is 0. The van der Waals surface area contributed by atoms with Gasteiger partial charge in [-0.15, -0.1) is 21.5 Å². The zero-order chi connectivity index (χ0) is 14.1. The van der Waals surface area contributed by atoms with Gasteiger partial charge in [-0.1, -0.05) is 6.07 Å². The number of rotatable bonds is 4. The Balaban J connectivity index is 1.54. The molecule has 0 saturated carbocycles. The van der Waals surface area contributed by atoms with E-state index in [4.69, 9.17) is 4.42 Å². The van der Waals surface area contributed by atoms with Crippen LogP contribution in [0.3, 0.4) is 0 Å². The molecule has 4 heterocycles. The number of thiophene rings is 2. The van der Waals surface area contributed by atoms with Crippen molar-refractivity contribution >= 4 is 22.7 Å². The molecule has 4 aromatic rings. The standard InChI is InChI=1S/C13H9N5OS2/c1-2-11(21-4-1)13-14-10(7-19-13)6-18-16-12(15-17-18)9-3-5-20-8-9/h1-5,7-8H,6H2. The van der Waals surface area contributed by atoms with Gasteiger partial charge in [0.25, 0.3) is 0 Å². The van der Waals surface area contributed by atoms with Gasteiger partial charge in [0.1, 0.15) is 18.5 Å². The summed E-state index contributed by atoms with van der Waals surface area (Å²) in [5, 5.41) is 18.4. The lowest BCUT2D eigenvalue weighted by atomic mass is 10.3. The second kappa shape index (κ2) is 5.23. The Hall–Kier alpha value is -2.32. The Labute approximate surface area is 127 Å². The van der Waals surface area contributed by atoms with Gasteiger partial charge in [0.15, 0.2) is 0 Å². The van der Waals surface area contributed by atoms with E-state index < -0.39 is 0 Å². The lowest BCUT2D eigenvalue weighted by Gasteiger charge is -1.92. The third-order valence-electron chi connectivity index (χ3n) is 2.82. The molecule has 0 atom stereocenters. The zero-order valence-corrected chi connectivity index (χ0v) is 12.3. The first-order valence-electron chi connectivity index (χ1n) is 6.17. The summed E-state index contributed by atoms with van der Waals surface area (Å²) in [5.74, 6) is 1.25. The smallest absolute Gasteiger partial charge is 0.236 e. The second-order valence-electron chi connectivity index (χ2n) is 4.28. The summed E-state index contributed by atoms with van der Waals surface area (Å²) in [6, 6.07) is 5.91. The predicted octanol–water partition coefficient (Wildman–Crippen LogP) is 3.17. The van der Waals surface area contributed by atoms with E-state index in [1.165, 1.54) is 4.80 Å². The lowest BCUT2D eigenvalue weighted by Crippen LogP contribution is -2.04. The minimum absolute atomic E-state index is 0.437. The van der Waals surface area contributed by atoms with E-state index in [2.05, 4.69) is 20.4 Å². The quantitative estimate of drug-likeness (QED) is 0.578. The van der Waals surface area contributed by atoms with Gasteiger partial charge in [-0.25, -0.2) is 4.98 Å². The Kier molecular flexibility index (Phi) is 3.09. The molecule has 8 heteroatoms. The largest absolute Gasteiger partial charge is 0.443 e. The minimum Gasteiger partial charge on any atom is -0.443 e. The van der Waals surface area contributed by atoms with E-state index in [0.29, 0.717) is 18.3 Å². The molecule has 104 valence electrons. The van der Waals surface area contributed by atoms with Crippen LogP contribution in [-0.2, 0) is 6.54 Å². The number of aromatic nitrogens is 5. The second-order valence-corrected chi connectivity index (χ2v) is 6.00. The predicted molar refractivity (Wildman–Crippen MR) is 80.0 cm³/mol. The van der Waals surface area contributed by atoms with Gasteiger partial charge in [0, 0.05) is 10.9 Å². The number of oxazole rings is 1. The summed E-state index contributed by atoms with van der Waals surface area (Å²) in [4.78, 5) is 6.96. The Morgan fingerprint density at radius 3 is 3.05 bits per heavy atom. The maximum atomic E-state index is 5.47. The van der Waals surface area contributed by atoms with Crippen LogP contribution in [0.4, 0.5) is 0 Å². The number of nitrogens with zero attached hydrogens (tertiary/aromatic N) is 5. The van der Waals surface area contributed by atoms with Crippen molar-refractivity contribution in [3.63, 3.8) is 0 Å². The molecule has 0 aliphatic heterocycles. The molecule has 0 unspecified atom stereocenters. The monoisotopic (exact) mass is 315 g/mol. The molecule has 0 bridgehead atoms. The molecule has 0 radical (unpaired) electrons. The van der Waals surface area contributed by atoms with Gasteiger partial charge in [-0.2, -0.15) is 16.1 Å². The molecular formula is C13H9N5OS2. The Morgan fingerprint density at radius 2 is 2.24 bits per heavy atom. The molecule has 21 heavy (non-hydrogen) atoms. The van der Waals surface area contributed by atoms with Crippen molar-refractivity contribution in [3.8, 4) is 22.2 Å². The summed E-state index contributed by atoms with van der Waals surface area (Å²) in [5.41, 5.74) is 1.75. The first-order valence-corrected chi connectivity index (χ1v) is 7.99. The van der Waals surface area contributed by atoms with E-state index in [0.717, 1.165) is 16.1 Å². The van der Waals surface area contributed by atoms with E-state index in [9.17, 15) is 0 Å². The molecule has 0 amide bonds. The number of hydrogen-bond donors (Lipinski definition) is 0. The van der Waals surface area contributed by atoms with Crippen LogP contribution in [-0.4, -0.2) is 25.2 Å². The molecule has 0 spiro atoms. The molecule has 0 fully saturated rings. The van der Waals surface area contributed by atoms with Crippen LogP contribution in [0.15, 0.2) is 45.0 Å². The van der Waals surface area contributed by atoms with Crippen LogP contribution in [0.5, 0.6) is 0 Å². The van der Waals surface area contributed by atoms with Gasteiger partial charge >= 0.3 is 0 Å². The van der Waals surface area contributed by atoms with Crippen LogP contribution < -0.4 is 0 Å². The fourth-order valence-corrected chi connectivity index (χ4v) is 3.15. The normalized spacial score (nSPS) is 11.0. The van der Waals surface area contributed by atoms with Gasteiger partial charge in [0.05, 0.1) is 4.88 Å². The summed E-state index contributed by atoms with van der Waals surface area (Å²) < 4.78 is 5.47. The molecular weight excluding hydrogens is 306 g/mol. The highest BCUT2D eigenvalue weighted by molar-refractivity contribution is 7.13. The fourth-order valence-electron chi connectivity index (χ4n) is 1.86. The first-order chi connectivity index (χ1) is 10.4. The first kappa shape index (κ1) is 12.4. The van der Waals surface area contributed by atoms with Gasteiger partial charge < -0.3 is 4.42 Å². The van der Waals surface area contributed by atoms with Crippen molar-refractivity contribution in [2.45, 2.75) is 6.54 Å². The third-order valence-corrected chi connectivity index (χ3v) is 4.36. The molecule has 6 nitrogen and oxygen atoms in total. The van der Waals surface area contributed by atoms with E-state index in [-0.39, 0.29) is 0 Å². The summed E-state index contributed by atoms with van der Waals surface area (Å²) in [6.45, 7) is 0.437. The van der Waals surface area contributed by atoms with Gasteiger partial charge in [-0.3, -0.25) is 0 Å². The summed E-state index contributed by atoms with van der Waals surface area (Å²) in [6.07, 6.45) is 1.63. The Morgan fingerprint density at radius 1 is 1.24 bits per heavy atom. The molecule has 0 N–H and O–H groups in total. The van der Waals surface area contributed by atoms with E-state index >= 15 is 0 Å². The van der Waals surface area contributed by atoms with Crippen molar-refractivity contribution in [3.05, 3.63) is 46.3 Å². The minimum atomic E-state index is 0.437. The van der Waals surface area contributed by atoms with Crippen LogP contribution >= 0.6 is 22.7 Å². The average molecular weight is 315 g/mol. The van der Waals surface area contributed by atoms with Crippen molar-refractivity contribution in [2.24, 2.45) is 0 Å². The van der Waals surface area contributed by atoms with Crippen molar-refractivity contribution in [1.82, 2.24) is 25.2 Å². The maximum Gasteiger partial charge on any atom is 0.236 e. The molecule has 0 aromatic carbocycles. The zero-order valence-electron chi connectivity index (χ0n) is 10.7. The Bertz CT molecular complexity index is 761. The average Bonchev–Trinajstić information content (AvgIpc) is 3.28. The third kappa shape index (κ3) is 2.50. The molecule has 0 aliphatic rings. The van der Waals surface area contributed by atoms with Crippen LogP contribution in [0.2, 0.25) is 0 Å². The highest BCUT2D eigenvalue weighted by Crippen LogP contribution is 2.23. The fraction of sp³-hybridized carbons (Fsp3) is 0.0769. The molecule has 0 saturated heterocycles. The highest BCUT2D eigenvalue weighted by Gasteiger charge is 2.11. The molecule has 4 rings (SSSR count). The maximum absolute atomic E-state index is 5.47. The van der Waals surface area contributed by atoms with Crippen molar-refractivity contribution < 1.29 is 4.42 Å². The van der Waals surface area contributed by atoms with Crippen LogP contribution in [0.1, 0.15) is 5.69 Å². The van der Waals surface area contributed by atoms with Crippen LogP contribution in [0, 0.1) is 0 Å². The highest BCUT2D eigenvalue weighted by atomic mass is 32.1. The SMILES string of the molecule is c1csc(-c2nc(Cn3nnc(-c4ccsc4)n3)co2)c1. The van der Waals surface area contributed by atoms with E-state index in [1.54, 1.807) is 28.9 Å². The molecule has 4 aromatic heterocycles. The topological polar surface area (TPSA) is 69.6 Å². The lowest BCUT2D eigenvalue weighted by molar-refractivity contribution is 0.550. The van der Waals surface area contributed by atoms with Gasteiger partial charge in [0.2, 0.25) is 11.7 Å². The summed E-state index contributed by atoms with van der Waals surface area (Å²) >= 11 is 3.20. The van der Waals surface area contributed by atoms with Crippen molar-refractivity contribution in [2.75, 3.05) is 0 Å². The van der Waals surface area contributed by atoms with Crippen LogP contribution in [0.25, 0.3) is 22.2 Å². The van der Waals surface area contributed by atoms with Gasteiger partial charge in [-0.05, 0) is 28.1 Å². The van der Waals surface area contributed by atoms with E-state index in [1.807, 2.05) is 34.3 Å². The van der Waals surface area contributed by atoms with Crippen molar-refractivity contribution in [1.29, 1.82) is 0 Å². The molecule has 0 aliphatic carbocycles.